The molecule has 0 unspecified atom stereocenters. The van der Waals surface area contributed by atoms with Crippen LogP contribution in [0.15, 0.2) is 35.1 Å². The number of primary amides is 1. The van der Waals surface area contributed by atoms with E-state index in [0.717, 1.165) is 16.6 Å². The molecule has 1 aliphatic rings. The first-order chi connectivity index (χ1) is 14.7. The fourth-order valence-corrected chi connectivity index (χ4v) is 4.44. The molecule has 7 nitrogen and oxygen atoms in total. The summed E-state index contributed by atoms with van der Waals surface area (Å²) in [5, 5.41) is 0.769. The first kappa shape index (κ1) is 21.2. The van der Waals surface area contributed by atoms with Gasteiger partial charge in [0.25, 0.3) is 5.91 Å². The number of aryl methyl sites for hydroxylation is 1. The molecule has 3 heterocycles. The van der Waals surface area contributed by atoms with E-state index >= 15 is 4.39 Å². The van der Waals surface area contributed by atoms with Gasteiger partial charge in [-0.3, -0.25) is 9.36 Å². The lowest BCUT2D eigenvalue weighted by molar-refractivity contribution is 0.0995. The molecule has 9 heteroatoms. The number of nitrogens with one attached hydrogen (secondary N) is 1. The Balaban J connectivity index is 1.50. The Morgan fingerprint density at radius 2 is 2.00 bits per heavy atom. The standard InChI is InChI=1S/C22H24FN5O2S/c1-13-18(6-5-16(25-13)19(24)29)28-9-7-22(23,8-10-28)12-14-3-4-15-17(11-14)26-21(30)27(2)20(15)31/h3-6,11H,7-10,12H2,1-2H3,(H2,24,29)(H,26,30). The zero-order valence-corrected chi connectivity index (χ0v) is 18.3. The molecule has 0 aliphatic carbocycles. The number of nitrogens with zero attached hydrogens (tertiary/aromatic N) is 3. The molecule has 31 heavy (non-hydrogen) atoms. The predicted octanol–water partition coefficient (Wildman–Crippen LogP) is 2.95. The SMILES string of the molecule is Cc1nc(C(N)=O)ccc1N1CCC(F)(Cc2ccc3c(=S)n(C)c(=O)[nH]c3c2)CC1. The van der Waals surface area contributed by atoms with Gasteiger partial charge in [-0.05, 0) is 49.6 Å². The van der Waals surface area contributed by atoms with Crippen molar-refractivity contribution in [1.29, 1.82) is 0 Å². The number of halogens is 1. The number of carbonyl (C=O) groups excluding carboxylic acids is 1. The number of fused-ring (bicyclic) bond motifs is 1. The van der Waals surface area contributed by atoms with Crippen LogP contribution in [0.5, 0.6) is 0 Å². The van der Waals surface area contributed by atoms with E-state index in [9.17, 15) is 9.59 Å². The average molecular weight is 442 g/mol. The monoisotopic (exact) mass is 441 g/mol. The van der Waals surface area contributed by atoms with Gasteiger partial charge in [0.1, 0.15) is 16.0 Å². The van der Waals surface area contributed by atoms with Crippen molar-refractivity contribution in [2.75, 3.05) is 18.0 Å². The summed E-state index contributed by atoms with van der Waals surface area (Å²) in [4.78, 5) is 32.5. The number of anilines is 1. The zero-order valence-electron chi connectivity index (χ0n) is 17.4. The van der Waals surface area contributed by atoms with Gasteiger partial charge >= 0.3 is 5.69 Å². The van der Waals surface area contributed by atoms with Crippen LogP contribution in [-0.2, 0) is 13.5 Å². The van der Waals surface area contributed by atoms with Gasteiger partial charge in [-0.1, -0.05) is 18.3 Å². The van der Waals surface area contributed by atoms with Crippen LogP contribution in [-0.4, -0.2) is 39.2 Å². The van der Waals surface area contributed by atoms with E-state index in [1.807, 2.05) is 31.2 Å². The number of H-pyrrole nitrogens is 1. The number of hydrogen-bond acceptors (Lipinski definition) is 5. The molecule has 1 aliphatic heterocycles. The first-order valence-electron chi connectivity index (χ1n) is 10.1. The Hall–Kier alpha value is -3.07. The minimum atomic E-state index is -1.34. The maximum Gasteiger partial charge on any atom is 0.326 e. The van der Waals surface area contributed by atoms with Gasteiger partial charge in [-0.25, -0.2) is 14.2 Å². The summed E-state index contributed by atoms with van der Waals surface area (Å²) < 4.78 is 17.5. The largest absolute Gasteiger partial charge is 0.370 e. The number of alkyl halides is 1. The van der Waals surface area contributed by atoms with E-state index in [-0.39, 0.29) is 17.8 Å². The smallest absolute Gasteiger partial charge is 0.326 e. The van der Waals surface area contributed by atoms with E-state index in [0.29, 0.717) is 41.8 Å². The summed E-state index contributed by atoms with van der Waals surface area (Å²) in [6, 6.07) is 8.96. The number of nitrogens with two attached hydrogens (primary N) is 1. The molecular formula is C22H24FN5O2S. The molecule has 0 saturated carbocycles. The van der Waals surface area contributed by atoms with Crippen molar-refractivity contribution < 1.29 is 9.18 Å². The lowest BCUT2D eigenvalue weighted by Gasteiger charge is -2.38. The van der Waals surface area contributed by atoms with Crippen LogP contribution in [0.3, 0.4) is 0 Å². The number of carbonyl (C=O) groups is 1. The molecule has 3 aromatic rings. The van der Waals surface area contributed by atoms with Crippen LogP contribution in [0.4, 0.5) is 10.1 Å². The molecule has 0 spiro atoms. The second kappa shape index (κ2) is 7.88. The maximum atomic E-state index is 15.6. The molecule has 0 radical (unpaired) electrons. The third kappa shape index (κ3) is 4.10. The highest BCUT2D eigenvalue weighted by Gasteiger charge is 2.35. The van der Waals surface area contributed by atoms with Crippen LogP contribution in [0.25, 0.3) is 10.9 Å². The molecule has 3 N–H and O–H groups in total. The summed E-state index contributed by atoms with van der Waals surface area (Å²) in [5.74, 6) is -0.565. The number of piperidine rings is 1. The van der Waals surface area contributed by atoms with E-state index in [1.54, 1.807) is 13.1 Å². The molecule has 1 saturated heterocycles. The number of aromatic nitrogens is 3. The van der Waals surface area contributed by atoms with Gasteiger partial charge in [0.2, 0.25) is 0 Å². The molecule has 1 aromatic carbocycles. The summed E-state index contributed by atoms with van der Waals surface area (Å²) in [6.45, 7) is 2.92. The van der Waals surface area contributed by atoms with Crippen molar-refractivity contribution in [3.63, 3.8) is 0 Å². The normalized spacial score (nSPS) is 15.9. The Morgan fingerprint density at radius 3 is 2.65 bits per heavy atom. The summed E-state index contributed by atoms with van der Waals surface area (Å²) in [5.41, 5.74) is 6.93. The van der Waals surface area contributed by atoms with Crippen LogP contribution >= 0.6 is 12.2 Å². The van der Waals surface area contributed by atoms with Gasteiger partial charge in [-0.15, -0.1) is 0 Å². The molecule has 162 valence electrons. The Morgan fingerprint density at radius 1 is 1.29 bits per heavy atom. The van der Waals surface area contributed by atoms with Crippen molar-refractivity contribution >= 4 is 34.7 Å². The highest BCUT2D eigenvalue weighted by atomic mass is 32.1. The van der Waals surface area contributed by atoms with Gasteiger partial charge < -0.3 is 15.6 Å². The van der Waals surface area contributed by atoms with Crippen molar-refractivity contribution in [2.24, 2.45) is 12.8 Å². The van der Waals surface area contributed by atoms with Crippen LogP contribution in [0.2, 0.25) is 0 Å². The molecule has 4 rings (SSSR count). The molecule has 0 bridgehead atoms. The van der Waals surface area contributed by atoms with Gasteiger partial charge in [-0.2, -0.15) is 0 Å². The highest BCUT2D eigenvalue weighted by Crippen LogP contribution is 2.33. The fourth-order valence-electron chi connectivity index (χ4n) is 4.18. The highest BCUT2D eigenvalue weighted by molar-refractivity contribution is 7.71. The predicted molar refractivity (Wildman–Crippen MR) is 121 cm³/mol. The number of hydrogen-bond donors (Lipinski definition) is 2. The average Bonchev–Trinajstić information content (AvgIpc) is 2.72. The van der Waals surface area contributed by atoms with Gasteiger partial charge in [0.15, 0.2) is 0 Å². The summed E-state index contributed by atoms with van der Waals surface area (Å²) in [6.07, 6.45) is 1.01. The lowest BCUT2D eigenvalue weighted by atomic mass is 9.86. The van der Waals surface area contributed by atoms with E-state index in [2.05, 4.69) is 14.9 Å². The summed E-state index contributed by atoms with van der Waals surface area (Å²) >= 11 is 5.33. The minimum Gasteiger partial charge on any atom is -0.370 e. The van der Waals surface area contributed by atoms with Crippen molar-refractivity contribution in [1.82, 2.24) is 14.5 Å². The number of pyridine rings is 1. The summed E-state index contributed by atoms with van der Waals surface area (Å²) in [7, 11) is 1.62. The Bertz CT molecular complexity index is 1290. The quantitative estimate of drug-likeness (QED) is 0.607. The van der Waals surface area contributed by atoms with Crippen molar-refractivity contribution in [3.8, 4) is 0 Å². The Kier molecular flexibility index (Phi) is 5.38. The number of aromatic amines is 1. The fraction of sp³-hybridized carbons (Fsp3) is 0.364. The van der Waals surface area contributed by atoms with E-state index in [1.165, 1.54) is 4.57 Å². The second-order valence-corrected chi connectivity index (χ2v) is 8.54. The molecular weight excluding hydrogens is 417 g/mol. The number of amides is 1. The topological polar surface area (TPSA) is 97.0 Å². The molecule has 1 amide bonds. The molecule has 1 fully saturated rings. The van der Waals surface area contributed by atoms with Crippen LogP contribution in [0, 0.1) is 11.6 Å². The van der Waals surface area contributed by atoms with Crippen molar-refractivity contribution in [3.05, 3.63) is 62.4 Å². The van der Waals surface area contributed by atoms with Gasteiger partial charge in [0, 0.05) is 31.9 Å². The number of rotatable bonds is 4. The minimum absolute atomic E-state index is 0.225. The second-order valence-electron chi connectivity index (χ2n) is 8.15. The van der Waals surface area contributed by atoms with Crippen LogP contribution < -0.4 is 16.3 Å². The Labute approximate surface area is 183 Å². The van der Waals surface area contributed by atoms with E-state index < -0.39 is 11.6 Å². The van der Waals surface area contributed by atoms with Crippen LogP contribution in [0.1, 0.15) is 34.6 Å². The molecule has 2 aromatic heterocycles. The third-order valence-electron chi connectivity index (χ3n) is 6.00. The van der Waals surface area contributed by atoms with E-state index in [4.69, 9.17) is 18.0 Å². The van der Waals surface area contributed by atoms with Gasteiger partial charge in [0.05, 0.1) is 16.9 Å². The van der Waals surface area contributed by atoms with Crippen molar-refractivity contribution in [2.45, 2.75) is 31.9 Å². The maximum absolute atomic E-state index is 15.6. The zero-order chi connectivity index (χ0) is 22.3. The third-order valence-corrected chi connectivity index (χ3v) is 6.49. The lowest BCUT2D eigenvalue weighted by Crippen LogP contribution is -2.43. The molecule has 0 atom stereocenters. The number of benzene rings is 1. The first-order valence-corrected chi connectivity index (χ1v) is 10.5.